The highest BCUT2D eigenvalue weighted by Gasteiger charge is 2.18. The van der Waals surface area contributed by atoms with Gasteiger partial charge < -0.3 is 24.8 Å². The molecule has 0 bridgehead atoms. The topological polar surface area (TPSA) is 103 Å². The van der Waals surface area contributed by atoms with E-state index in [-0.39, 0.29) is 16.8 Å². The van der Waals surface area contributed by atoms with Gasteiger partial charge in [-0.2, -0.15) is 0 Å². The molecule has 0 spiro atoms. The number of ether oxygens (including phenoxy) is 3. The van der Waals surface area contributed by atoms with Crippen molar-refractivity contribution in [3.8, 4) is 11.5 Å². The molecule has 3 aromatic carbocycles. The van der Waals surface area contributed by atoms with Crippen LogP contribution < -0.4 is 20.1 Å². The second-order valence-electron chi connectivity index (χ2n) is 7.01. The second kappa shape index (κ2) is 11.3. The largest absolute Gasteiger partial charge is 0.497 e. The van der Waals surface area contributed by atoms with Crippen molar-refractivity contribution in [1.29, 1.82) is 0 Å². The SMILES string of the molecule is COC(=O)c1cccc(NC(=O)/C(=C\c2ccc(OC)cc2)NC(=O)c2ccccc2OC)c1. The summed E-state index contributed by atoms with van der Waals surface area (Å²) in [5.74, 6) is -0.609. The smallest absolute Gasteiger partial charge is 0.337 e. The van der Waals surface area contributed by atoms with Gasteiger partial charge in [0.2, 0.25) is 0 Å². The number of hydrogen-bond donors (Lipinski definition) is 2. The first-order chi connectivity index (χ1) is 16.4. The number of benzene rings is 3. The zero-order valence-electron chi connectivity index (χ0n) is 19.0. The lowest BCUT2D eigenvalue weighted by atomic mass is 10.1. The van der Waals surface area contributed by atoms with Gasteiger partial charge in [0.15, 0.2) is 0 Å². The molecule has 0 heterocycles. The molecule has 0 saturated carbocycles. The van der Waals surface area contributed by atoms with E-state index in [1.54, 1.807) is 73.8 Å². The molecule has 2 amide bonds. The van der Waals surface area contributed by atoms with Gasteiger partial charge in [-0.15, -0.1) is 0 Å². The Morgan fingerprint density at radius 3 is 2.24 bits per heavy atom. The van der Waals surface area contributed by atoms with Crippen LogP contribution in [0.15, 0.2) is 78.5 Å². The van der Waals surface area contributed by atoms with Crippen molar-refractivity contribution >= 4 is 29.5 Å². The zero-order chi connectivity index (χ0) is 24.5. The van der Waals surface area contributed by atoms with Crippen molar-refractivity contribution in [3.63, 3.8) is 0 Å². The van der Waals surface area contributed by atoms with Crippen LogP contribution in [0.1, 0.15) is 26.3 Å². The third kappa shape index (κ3) is 6.01. The van der Waals surface area contributed by atoms with Crippen LogP contribution in [0, 0.1) is 0 Å². The van der Waals surface area contributed by atoms with Crippen LogP contribution in [-0.2, 0) is 9.53 Å². The average Bonchev–Trinajstić information content (AvgIpc) is 2.88. The molecule has 0 saturated heterocycles. The van der Waals surface area contributed by atoms with Crippen molar-refractivity contribution in [2.24, 2.45) is 0 Å². The van der Waals surface area contributed by atoms with Crippen LogP contribution in [-0.4, -0.2) is 39.1 Å². The lowest BCUT2D eigenvalue weighted by Crippen LogP contribution is -2.31. The van der Waals surface area contributed by atoms with Crippen LogP contribution in [0.25, 0.3) is 6.08 Å². The zero-order valence-corrected chi connectivity index (χ0v) is 19.0. The number of rotatable bonds is 8. The molecular weight excluding hydrogens is 436 g/mol. The fourth-order valence-corrected chi connectivity index (χ4v) is 3.09. The fraction of sp³-hybridized carbons (Fsp3) is 0.115. The van der Waals surface area contributed by atoms with Gasteiger partial charge in [-0.3, -0.25) is 9.59 Å². The molecule has 174 valence electrons. The summed E-state index contributed by atoms with van der Waals surface area (Å²) in [7, 11) is 4.29. The van der Waals surface area contributed by atoms with Crippen LogP contribution in [0.2, 0.25) is 0 Å². The molecule has 2 N–H and O–H groups in total. The number of amides is 2. The van der Waals surface area contributed by atoms with Crippen molar-refractivity contribution in [3.05, 3.63) is 95.2 Å². The number of hydrogen-bond acceptors (Lipinski definition) is 6. The normalized spacial score (nSPS) is 10.7. The van der Waals surface area contributed by atoms with Crippen LogP contribution >= 0.6 is 0 Å². The predicted octanol–water partition coefficient (Wildman–Crippen LogP) is 3.90. The molecule has 0 fully saturated rings. The van der Waals surface area contributed by atoms with Crippen molar-refractivity contribution in [1.82, 2.24) is 5.32 Å². The molecule has 0 unspecified atom stereocenters. The summed E-state index contributed by atoms with van der Waals surface area (Å²) in [5, 5.41) is 5.36. The molecule has 0 radical (unpaired) electrons. The van der Waals surface area contributed by atoms with Gasteiger partial charge in [0.05, 0.1) is 32.5 Å². The summed E-state index contributed by atoms with van der Waals surface area (Å²) >= 11 is 0. The van der Waals surface area contributed by atoms with E-state index in [0.717, 1.165) is 0 Å². The number of nitrogens with one attached hydrogen (secondary N) is 2. The molecule has 3 aromatic rings. The van der Waals surface area contributed by atoms with E-state index in [9.17, 15) is 14.4 Å². The quantitative estimate of drug-likeness (QED) is 0.390. The first-order valence-electron chi connectivity index (χ1n) is 10.2. The Morgan fingerprint density at radius 2 is 1.56 bits per heavy atom. The summed E-state index contributed by atoms with van der Waals surface area (Å²) in [6, 6.07) is 19.9. The highest BCUT2D eigenvalue weighted by molar-refractivity contribution is 6.11. The Labute approximate surface area is 197 Å². The molecular formula is C26H24N2O6. The standard InChI is InChI=1S/C26H24N2O6/c1-32-20-13-11-17(12-14-20)15-22(28-24(29)21-9-4-5-10-23(21)33-2)25(30)27-19-8-6-7-18(16-19)26(31)34-3/h4-16H,1-3H3,(H,27,30)(H,28,29)/b22-15+. The Balaban J connectivity index is 1.92. The lowest BCUT2D eigenvalue weighted by molar-refractivity contribution is -0.113. The number of methoxy groups -OCH3 is 3. The van der Waals surface area contributed by atoms with Gasteiger partial charge in [0.1, 0.15) is 17.2 Å². The number of carbonyl (C=O) groups is 3. The van der Waals surface area contributed by atoms with Gasteiger partial charge in [-0.1, -0.05) is 30.3 Å². The molecule has 0 aliphatic heterocycles. The van der Waals surface area contributed by atoms with Gasteiger partial charge in [-0.25, -0.2) is 4.79 Å². The lowest BCUT2D eigenvalue weighted by Gasteiger charge is -2.13. The molecule has 3 rings (SSSR count). The van der Waals surface area contributed by atoms with E-state index < -0.39 is 17.8 Å². The maximum Gasteiger partial charge on any atom is 0.337 e. The fourth-order valence-electron chi connectivity index (χ4n) is 3.09. The van der Waals surface area contributed by atoms with E-state index in [0.29, 0.717) is 22.7 Å². The Morgan fingerprint density at radius 1 is 0.824 bits per heavy atom. The molecule has 8 nitrogen and oxygen atoms in total. The number of para-hydroxylation sites is 1. The summed E-state index contributed by atoms with van der Waals surface area (Å²) in [4.78, 5) is 37.9. The molecule has 0 aliphatic rings. The second-order valence-corrected chi connectivity index (χ2v) is 7.01. The maximum atomic E-state index is 13.1. The Kier molecular flexibility index (Phi) is 8.02. The first-order valence-corrected chi connectivity index (χ1v) is 10.2. The monoisotopic (exact) mass is 460 g/mol. The minimum Gasteiger partial charge on any atom is -0.497 e. The van der Waals surface area contributed by atoms with Crippen molar-refractivity contribution in [2.75, 3.05) is 26.6 Å². The minimum atomic E-state index is -0.582. The van der Waals surface area contributed by atoms with E-state index in [1.165, 1.54) is 26.4 Å². The van der Waals surface area contributed by atoms with Crippen LogP contribution in [0.3, 0.4) is 0 Å². The summed E-state index contributed by atoms with van der Waals surface area (Å²) < 4.78 is 15.1. The molecule has 34 heavy (non-hydrogen) atoms. The van der Waals surface area contributed by atoms with E-state index in [4.69, 9.17) is 14.2 Å². The third-order valence-corrected chi connectivity index (χ3v) is 4.81. The van der Waals surface area contributed by atoms with Gasteiger partial charge in [0, 0.05) is 5.69 Å². The molecule has 0 aromatic heterocycles. The van der Waals surface area contributed by atoms with Crippen LogP contribution in [0.5, 0.6) is 11.5 Å². The van der Waals surface area contributed by atoms with E-state index in [2.05, 4.69) is 10.6 Å². The van der Waals surface area contributed by atoms with Gasteiger partial charge in [-0.05, 0) is 54.1 Å². The molecule has 0 aliphatic carbocycles. The molecule has 0 atom stereocenters. The summed E-state index contributed by atoms with van der Waals surface area (Å²) in [6.07, 6.45) is 1.53. The number of anilines is 1. The van der Waals surface area contributed by atoms with Crippen molar-refractivity contribution in [2.45, 2.75) is 0 Å². The minimum absolute atomic E-state index is 0.00968. The van der Waals surface area contributed by atoms with Crippen LogP contribution in [0.4, 0.5) is 5.69 Å². The highest BCUT2D eigenvalue weighted by Crippen LogP contribution is 2.19. The van der Waals surface area contributed by atoms with Crippen molar-refractivity contribution < 1.29 is 28.6 Å². The summed E-state index contributed by atoms with van der Waals surface area (Å²) in [5.41, 5.74) is 1.56. The number of esters is 1. The predicted molar refractivity (Wildman–Crippen MR) is 128 cm³/mol. The van der Waals surface area contributed by atoms with Gasteiger partial charge in [0.25, 0.3) is 11.8 Å². The highest BCUT2D eigenvalue weighted by atomic mass is 16.5. The third-order valence-electron chi connectivity index (χ3n) is 4.81. The Bertz CT molecular complexity index is 1220. The first kappa shape index (κ1) is 24.1. The van der Waals surface area contributed by atoms with E-state index in [1.807, 2.05) is 0 Å². The Hall–Kier alpha value is -4.59. The molecule has 8 heteroatoms. The average molecular weight is 460 g/mol. The number of carbonyl (C=O) groups excluding carboxylic acids is 3. The van der Waals surface area contributed by atoms with E-state index >= 15 is 0 Å². The summed E-state index contributed by atoms with van der Waals surface area (Å²) in [6.45, 7) is 0. The van der Waals surface area contributed by atoms with Gasteiger partial charge >= 0.3 is 5.97 Å². The maximum absolute atomic E-state index is 13.1.